The number of hydrazone groups is 1. The molecule has 6 nitrogen and oxygen atoms in total. The van der Waals surface area contributed by atoms with Crippen molar-refractivity contribution in [3.05, 3.63) is 76.9 Å². The molecule has 2 heterocycles. The Labute approximate surface area is 131 Å². The molecule has 1 aromatic carbocycles. The highest BCUT2D eigenvalue weighted by Crippen LogP contribution is 2.09. The lowest BCUT2D eigenvalue weighted by Gasteiger charge is -1.98. The summed E-state index contributed by atoms with van der Waals surface area (Å²) in [5, 5.41) is 4.28. The molecule has 0 fully saturated rings. The van der Waals surface area contributed by atoms with E-state index >= 15 is 0 Å². The van der Waals surface area contributed by atoms with Gasteiger partial charge < -0.3 is 4.42 Å². The first-order chi connectivity index (χ1) is 11.2. The van der Waals surface area contributed by atoms with Gasteiger partial charge in [-0.2, -0.15) is 9.67 Å². The summed E-state index contributed by atoms with van der Waals surface area (Å²) in [4.78, 5) is 24.0. The quantitative estimate of drug-likeness (QED) is 0.447. The van der Waals surface area contributed by atoms with Crippen molar-refractivity contribution in [1.82, 2.24) is 5.43 Å². The maximum absolute atomic E-state index is 12.2. The van der Waals surface area contributed by atoms with Gasteiger partial charge in [0, 0.05) is 12.1 Å². The molecule has 0 aliphatic rings. The van der Waals surface area contributed by atoms with Crippen molar-refractivity contribution in [2.24, 2.45) is 5.10 Å². The number of carbonyl (C=O) groups excluding carboxylic acids is 1. The van der Waals surface area contributed by atoms with Gasteiger partial charge in [-0.15, -0.1) is 0 Å². The third kappa shape index (κ3) is 3.49. The Bertz CT molecular complexity index is 917. The first-order valence-corrected chi connectivity index (χ1v) is 7.00. The van der Waals surface area contributed by atoms with Crippen LogP contribution in [0.5, 0.6) is 0 Å². The molecule has 0 aliphatic carbocycles. The van der Waals surface area contributed by atoms with Crippen molar-refractivity contribution in [2.45, 2.75) is 6.54 Å². The second kappa shape index (κ2) is 6.65. The van der Waals surface area contributed by atoms with Crippen LogP contribution in [0.2, 0.25) is 0 Å². The van der Waals surface area contributed by atoms with Crippen LogP contribution in [0, 0.1) is 0 Å². The lowest BCUT2D eigenvalue weighted by atomic mass is 10.2. The lowest BCUT2D eigenvalue weighted by molar-refractivity contribution is -0.684. The molecule has 23 heavy (non-hydrogen) atoms. The summed E-state index contributed by atoms with van der Waals surface area (Å²) in [6.07, 6.45) is 6.17. The molecule has 0 atom stereocenters. The van der Waals surface area contributed by atoms with Crippen molar-refractivity contribution in [3.8, 4) is 0 Å². The lowest BCUT2D eigenvalue weighted by Crippen LogP contribution is -2.40. The van der Waals surface area contributed by atoms with Gasteiger partial charge in [-0.05, 0) is 12.1 Å². The average Bonchev–Trinajstić information content (AvgIpc) is 2.58. The number of benzene rings is 1. The van der Waals surface area contributed by atoms with E-state index in [-0.39, 0.29) is 23.4 Å². The second-order valence-electron chi connectivity index (χ2n) is 4.86. The smallest absolute Gasteiger partial charge is 0.305 e. The molecule has 3 aromatic rings. The Morgan fingerprint density at radius 2 is 1.96 bits per heavy atom. The number of pyridine rings is 1. The second-order valence-corrected chi connectivity index (χ2v) is 4.86. The fourth-order valence-electron chi connectivity index (χ4n) is 2.10. The highest BCUT2D eigenvalue weighted by molar-refractivity contribution is 5.86. The summed E-state index contributed by atoms with van der Waals surface area (Å²) in [7, 11) is 0. The van der Waals surface area contributed by atoms with E-state index < -0.39 is 0 Å². The number of amides is 1. The van der Waals surface area contributed by atoms with Gasteiger partial charge in [0.15, 0.2) is 12.4 Å². The molecular formula is C17H14N3O3+. The number of rotatable bonds is 4. The Kier molecular flexibility index (Phi) is 4.24. The predicted octanol–water partition coefficient (Wildman–Crippen LogP) is 1.23. The number of fused-ring (bicyclic) bond motifs is 1. The fourth-order valence-corrected chi connectivity index (χ4v) is 2.10. The third-order valence-corrected chi connectivity index (χ3v) is 3.20. The van der Waals surface area contributed by atoms with E-state index in [0.29, 0.717) is 11.0 Å². The molecule has 0 saturated heterocycles. The Hall–Kier alpha value is -3.28. The summed E-state index contributed by atoms with van der Waals surface area (Å²) in [6.45, 7) is 0.143. The summed E-state index contributed by atoms with van der Waals surface area (Å²) >= 11 is 0. The first kappa shape index (κ1) is 14.6. The molecule has 0 radical (unpaired) electrons. The maximum Gasteiger partial charge on any atom is 0.305 e. The zero-order valence-corrected chi connectivity index (χ0v) is 12.2. The molecule has 0 bridgehead atoms. The van der Waals surface area contributed by atoms with E-state index in [1.165, 1.54) is 12.5 Å². The van der Waals surface area contributed by atoms with Crippen molar-refractivity contribution in [2.75, 3.05) is 0 Å². The van der Waals surface area contributed by atoms with Crippen LogP contribution in [-0.4, -0.2) is 12.1 Å². The highest BCUT2D eigenvalue weighted by atomic mass is 16.3. The molecule has 0 unspecified atom stereocenters. The van der Waals surface area contributed by atoms with E-state index in [2.05, 4.69) is 10.5 Å². The summed E-state index contributed by atoms with van der Waals surface area (Å²) in [5.74, 6) is -0.289. The molecule has 6 heteroatoms. The summed E-state index contributed by atoms with van der Waals surface area (Å²) in [6, 6.07) is 12.5. The van der Waals surface area contributed by atoms with Crippen molar-refractivity contribution in [1.29, 1.82) is 0 Å². The number of hydrogen-bond acceptors (Lipinski definition) is 4. The topological polar surface area (TPSA) is 75.5 Å². The third-order valence-electron chi connectivity index (χ3n) is 3.20. The van der Waals surface area contributed by atoms with Crippen molar-refractivity contribution < 1.29 is 13.8 Å². The van der Waals surface area contributed by atoms with Gasteiger partial charge in [0.2, 0.25) is 12.0 Å². The largest absolute Gasteiger partial charge is 0.463 e. The average molecular weight is 308 g/mol. The highest BCUT2D eigenvalue weighted by Gasteiger charge is 2.07. The van der Waals surface area contributed by atoms with E-state index in [0.717, 1.165) is 0 Å². The molecular weight excluding hydrogens is 294 g/mol. The van der Waals surface area contributed by atoms with Crippen LogP contribution >= 0.6 is 0 Å². The van der Waals surface area contributed by atoms with Crippen LogP contribution in [-0.2, 0) is 11.3 Å². The van der Waals surface area contributed by atoms with E-state index in [1.807, 2.05) is 18.2 Å². The monoisotopic (exact) mass is 308 g/mol. The van der Waals surface area contributed by atoms with Gasteiger partial charge in [0.25, 0.3) is 0 Å². The van der Waals surface area contributed by atoms with E-state index in [1.54, 1.807) is 41.2 Å². The number of carbonyl (C=O) groups is 1. The molecule has 0 saturated carbocycles. The van der Waals surface area contributed by atoms with Crippen LogP contribution in [0.4, 0.5) is 0 Å². The minimum absolute atomic E-state index is 0.143. The van der Waals surface area contributed by atoms with Crippen LogP contribution in [0.1, 0.15) is 5.56 Å². The van der Waals surface area contributed by atoms with Gasteiger partial charge in [-0.3, -0.25) is 9.59 Å². The number of nitrogens with one attached hydrogen (secondary N) is 1. The van der Waals surface area contributed by atoms with Crippen molar-refractivity contribution in [3.63, 3.8) is 0 Å². The zero-order chi connectivity index (χ0) is 16.1. The zero-order valence-electron chi connectivity index (χ0n) is 12.2. The Morgan fingerprint density at radius 3 is 2.78 bits per heavy atom. The van der Waals surface area contributed by atoms with Gasteiger partial charge in [-0.25, -0.2) is 5.43 Å². The maximum atomic E-state index is 12.2. The molecule has 1 N–H and O–H groups in total. The molecule has 114 valence electrons. The van der Waals surface area contributed by atoms with E-state index in [9.17, 15) is 9.59 Å². The fraction of sp³-hybridized carbons (Fsp3) is 0.0588. The number of aromatic nitrogens is 1. The van der Waals surface area contributed by atoms with Crippen molar-refractivity contribution >= 4 is 23.1 Å². The van der Waals surface area contributed by atoms with Crippen LogP contribution in [0.25, 0.3) is 11.0 Å². The van der Waals surface area contributed by atoms with Gasteiger partial charge in [0.1, 0.15) is 11.8 Å². The van der Waals surface area contributed by atoms with Gasteiger partial charge in [0.05, 0.1) is 17.2 Å². The Balaban J connectivity index is 1.70. The van der Waals surface area contributed by atoms with Gasteiger partial charge in [-0.1, -0.05) is 18.2 Å². The number of para-hydroxylation sites is 1. The predicted molar refractivity (Wildman–Crippen MR) is 84.9 cm³/mol. The van der Waals surface area contributed by atoms with Crippen LogP contribution < -0.4 is 15.4 Å². The minimum atomic E-state index is -0.289. The number of hydrogen-bond donors (Lipinski definition) is 1. The molecule has 3 rings (SSSR count). The summed E-state index contributed by atoms with van der Waals surface area (Å²) < 4.78 is 7.09. The Morgan fingerprint density at radius 1 is 1.17 bits per heavy atom. The SMILES string of the molecule is O=C(C[n+]1ccccc1)N/N=C\c1coc2ccccc2c1=O. The van der Waals surface area contributed by atoms with Crippen LogP contribution in [0.15, 0.2) is 75.4 Å². The van der Waals surface area contributed by atoms with E-state index in [4.69, 9.17) is 4.42 Å². The standard InChI is InChI=1S/C17H13N3O3/c21-16(11-20-8-4-1-5-9-20)19-18-10-13-12-23-15-7-3-2-6-14(15)17(13)22/h1-10,12H,11H2/p+1/b18-10-. The first-order valence-electron chi connectivity index (χ1n) is 7.00. The summed E-state index contributed by atoms with van der Waals surface area (Å²) in [5.41, 5.74) is 2.98. The van der Waals surface area contributed by atoms with Gasteiger partial charge >= 0.3 is 5.91 Å². The number of nitrogens with zero attached hydrogens (tertiary/aromatic N) is 2. The molecule has 2 aromatic heterocycles. The molecule has 1 amide bonds. The normalized spacial score (nSPS) is 11.0. The molecule has 0 aliphatic heterocycles. The van der Waals surface area contributed by atoms with Crippen LogP contribution in [0.3, 0.4) is 0 Å². The minimum Gasteiger partial charge on any atom is -0.463 e. The molecule has 0 spiro atoms.